The van der Waals surface area contributed by atoms with Crippen LogP contribution in [0, 0.1) is 0 Å². The van der Waals surface area contributed by atoms with Crippen LogP contribution in [0.15, 0.2) is 36.5 Å². The fourth-order valence-electron chi connectivity index (χ4n) is 1.58. The average Bonchev–Trinajstić information content (AvgIpc) is 2.99. The Kier molecular flexibility index (Phi) is 4.55. The molecule has 1 aromatic heterocycles. The molecule has 1 amide bonds. The molecular formula is C12H14N4O4S. The van der Waals surface area contributed by atoms with Crippen molar-refractivity contribution in [3.8, 4) is 11.3 Å². The second-order valence-electron chi connectivity index (χ2n) is 4.09. The van der Waals surface area contributed by atoms with Crippen LogP contribution in [0.1, 0.15) is 5.56 Å². The zero-order valence-electron chi connectivity index (χ0n) is 11.2. The summed E-state index contributed by atoms with van der Waals surface area (Å²) in [4.78, 5) is 10.9. The number of amides is 1. The number of carbonyl (C=O) groups excluding carboxylic acids is 1. The van der Waals surface area contributed by atoms with Gasteiger partial charge in [0.1, 0.15) is 0 Å². The van der Waals surface area contributed by atoms with Crippen molar-refractivity contribution >= 4 is 16.3 Å². The molecule has 0 aliphatic heterocycles. The Morgan fingerprint density at radius 3 is 2.57 bits per heavy atom. The van der Waals surface area contributed by atoms with Gasteiger partial charge in [0.05, 0.1) is 12.8 Å². The summed E-state index contributed by atoms with van der Waals surface area (Å²) in [5.74, 6) is 0. The maximum Gasteiger partial charge on any atom is 0.421 e. The van der Waals surface area contributed by atoms with Crippen LogP contribution in [0.5, 0.6) is 0 Å². The first-order valence-electron chi connectivity index (χ1n) is 5.94. The van der Waals surface area contributed by atoms with Crippen LogP contribution >= 0.6 is 0 Å². The van der Waals surface area contributed by atoms with Gasteiger partial charge in [0, 0.05) is 12.7 Å². The molecule has 0 unspecified atom stereocenters. The quantitative estimate of drug-likeness (QED) is 0.755. The van der Waals surface area contributed by atoms with Gasteiger partial charge < -0.3 is 4.74 Å². The molecule has 0 radical (unpaired) electrons. The van der Waals surface area contributed by atoms with Crippen molar-refractivity contribution in [3.05, 3.63) is 42.1 Å². The number of ether oxygens (including phenoxy) is 1. The summed E-state index contributed by atoms with van der Waals surface area (Å²) in [6, 6.07) is 9.06. The van der Waals surface area contributed by atoms with Crippen LogP contribution < -0.4 is 9.44 Å². The minimum absolute atomic E-state index is 0.0512. The first-order valence-corrected chi connectivity index (χ1v) is 7.42. The molecule has 0 saturated carbocycles. The Hall–Kier alpha value is -2.39. The van der Waals surface area contributed by atoms with E-state index in [-0.39, 0.29) is 6.54 Å². The molecule has 0 saturated heterocycles. The van der Waals surface area contributed by atoms with Crippen LogP contribution in [0.4, 0.5) is 4.79 Å². The molecule has 0 fully saturated rings. The molecule has 8 nitrogen and oxygen atoms in total. The highest BCUT2D eigenvalue weighted by molar-refractivity contribution is 7.88. The predicted molar refractivity (Wildman–Crippen MR) is 75.3 cm³/mol. The summed E-state index contributed by atoms with van der Waals surface area (Å²) in [6.07, 6.45) is 0.604. The van der Waals surface area contributed by atoms with Gasteiger partial charge in [-0.1, -0.05) is 24.3 Å². The van der Waals surface area contributed by atoms with E-state index in [1.807, 2.05) is 18.2 Å². The highest BCUT2D eigenvalue weighted by atomic mass is 32.2. The van der Waals surface area contributed by atoms with Crippen LogP contribution in [0.3, 0.4) is 0 Å². The van der Waals surface area contributed by atoms with E-state index in [0.29, 0.717) is 0 Å². The van der Waals surface area contributed by atoms with Gasteiger partial charge in [-0.3, -0.25) is 5.10 Å². The van der Waals surface area contributed by atoms with Gasteiger partial charge in [0.25, 0.3) is 0 Å². The molecule has 21 heavy (non-hydrogen) atoms. The summed E-state index contributed by atoms with van der Waals surface area (Å²) < 4.78 is 31.1. The summed E-state index contributed by atoms with van der Waals surface area (Å²) in [7, 11) is -2.85. The fourth-order valence-corrected chi connectivity index (χ4v) is 2.32. The van der Waals surface area contributed by atoms with Crippen molar-refractivity contribution < 1.29 is 17.9 Å². The minimum atomic E-state index is -3.94. The lowest BCUT2D eigenvalue weighted by Crippen LogP contribution is -2.39. The van der Waals surface area contributed by atoms with Gasteiger partial charge >= 0.3 is 16.3 Å². The molecule has 0 atom stereocenters. The zero-order chi connectivity index (χ0) is 15.3. The Labute approximate surface area is 121 Å². The topological polar surface area (TPSA) is 113 Å². The van der Waals surface area contributed by atoms with Gasteiger partial charge in [-0.25, -0.2) is 9.52 Å². The number of hydrogen-bond acceptors (Lipinski definition) is 5. The number of nitrogens with zero attached hydrogens (tertiary/aromatic N) is 1. The van der Waals surface area contributed by atoms with Crippen molar-refractivity contribution in [1.29, 1.82) is 0 Å². The smallest absolute Gasteiger partial charge is 0.421 e. The SMILES string of the molecule is COC(=O)NS(=O)(=O)NCc1ccc(-c2ccn[nH]2)cc1. The minimum Gasteiger partial charge on any atom is -0.452 e. The van der Waals surface area contributed by atoms with Crippen molar-refractivity contribution in [3.63, 3.8) is 0 Å². The molecule has 0 spiro atoms. The second-order valence-corrected chi connectivity index (χ2v) is 5.59. The lowest BCUT2D eigenvalue weighted by molar-refractivity contribution is 0.177. The Morgan fingerprint density at radius 2 is 2.00 bits per heavy atom. The van der Waals surface area contributed by atoms with Crippen LogP contribution in [0.2, 0.25) is 0 Å². The molecule has 0 bridgehead atoms. The highest BCUT2D eigenvalue weighted by Crippen LogP contribution is 2.16. The largest absolute Gasteiger partial charge is 0.452 e. The lowest BCUT2D eigenvalue weighted by Gasteiger charge is -2.07. The normalized spacial score (nSPS) is 11.1. The number of H-pyrrole nitrogens is 1. The molecule has 0 aliphatic carbocycles. The zero-order valence-corrected chi connectivity index (χ0v) is 12.0. The van der Waals surface area contributed by atoms with E-state index in [1.54, 1.807) is 23.1 Å². The maximum atomic E-state index is 11.5. The van der Waals surface area contributed by atoms with E-state index in [9.17, 15) is 13.2 Å². The summed E-state index contributed by atoms with van der Waals surface area (Å²) in [6.45, 7) is 0.0512. The van der Waals surface area contributed by atoms with E-state index in [2.05, 4.69) is 19.7 Å². The summed E-state index contributed by atoms with van der Waals surface area (Å²) in [5.41, 5.74) is 2.55. The van der Waals surface area contributed by atoms with Gasteiger partial charge in [0.2, 0.25) is 0 Å². The summed E-state index contributed by atoms with van der Waals surface area (Å²) >= 11 is 0. The molecule has 1 aromatic carbocycles. The van der Waals surface area contributed by atoms with Gasteiger partial charge in [-0.15, -0.1) is 0 Å². The third kappa shape index (κ3) is 4.29. The Bertz CT molecular complexity index is 695. The molecule has 9 heteroatoms. The van der Waals surface area contributed by atoms with Crippen molar-refractivity contribution in [2.75, 3.05) is 7.11 Å². The van der Waals surface area contributed by atoms with E-state index >= 15 is 0 Å². The Morgan fingerprint density at radius 1 is 1.29 bits per heavy atom. The standard InChI is InChI=1S/C12H14N4O4S/c1-20-12(17)16-21(18,19)14-8-9-2-4-10(5-3-9)11-6-7-13-15-11/h2-7,14H,8H2,1H3,(H,13,15)(H,16,17). The van der Waals surface area contributed by atoms with E-state index in [1.165, 1.54) is 0 Å². The first-order chi connectivity index (χ1) is 10.00. The Balaban J connectivity index is 1.96. The summed E-state index contributed by atoms with van der Waals surface area (Å²) in [5, 5.41) is 6.69. The lowest BCUT2D eigenvalue weighted by atomic mass is 10.1. The fraction of sp³-hybridized carbons (Fsp3) is 0.167. The van der Waals surface area contributed by atoms with E-state index in [4.69, 9.17) is 0 Å². The molecule has 112 valence electrons. The number of methoxy groups -OCH3 is 1. The van der Waals surface area contributed by atoms with Gasteiger partial charge in [-0.2, -0.15) is 18.2 Å². The average molecular weight is 310 g/mol. The number of aromatic nitrogens is 2. The predicted octanol–water partition coefficient (Wildman–Crippen LogP) is 0.767. The number of rotatable bonds is 5. The van der Waals surface area contributed by atoms with Crippen molar-refractivity contribution in [1.82, 2.24) is 19.6 Å². The molecule has 0 aliphatic rings. The van der Waals surface area contributed by atoms with Gasteiger partial charge in [0.15, 0.2) is 0 Å². The second kappa shape index (κ2) is 6.37. The molecular weight excluding hydrogens is 296 g/mol. The monoisotopic (exact) mass is 310 g/mol. The third-order valence-electron chi connectivity index (χ3n) is 2.64. The number of carbonyl (C=O) groups is 1. The van der Waals surface area contributed by atoms with E-state index < -0.39 is 16.3 Å². The van der Waals surface area contributed by atoms with Crippen LogP contribution in [-0.2, 0) is 21.5 Å². The maximum absolute atomic E-state index is 11.5. The van der Waals surface area contributed by atoms with Crippen molar-refractivity contribution in [2.45, 2.75) is 6.54 Å². The first kappa shape index (κ1) is 15.0. The molecule has 2 aromatic rings. The van der Waals surface area contributed by atoms with Crippen molar-refractivity contribution in [2.24, 2.45) is 0 Å². The number of hydrogen-bond donors (Lipinski definition) is 3. The van der Waals surface area contributed by atoms with Crippen LogP contribution in [-0.4, -0.2) is 31.8 Å². The van der Waals surface area contributed by atoms with Crippen LogP contribution in [0.25, 0.3) is 11.3 Å². The molecule has 1 heterocycles. The van der Waals surface area contributed by atoms with Gasteiger partial charge in [-0.05, 0) is 17.2 Å². The third-order valence-corrected chi connectivity index (χ3v) is 3.59. The number of benzene rings is 1. The molecule has 3 N–H and O–H groups in total. The molecule has 2 rings (SSSR count). The van der Waals surface area contributed by atoms with E-state index in [0.717, 1.165) is 23.9 Å². The highest BCUT2D eigenvalue weighted by Gasteiger charge is 2.13. The number of nitrogens with one attached hydrogen (secondary N) is 3. The number of aromatic amines is 1.